The van der Waals surface area contributed by atoms with Crippen molar-refractivity contribution in [2.24, 2.45) is 5.14 Å². The third-order valence-corrected chi connectivity index (χ3v) is 6.52. The molecular weight excluding hydrogens is 402 g/mol. The molecule has 0 aliphatic carbocycles. The zero-order valence-corrected chi connectivity index (χ0v) is 16.7. The summed E-state index contributed by atoms with van der Waals surface area (Å²) < 4.78 is 47.6. The van der Waals surface area contributed by atoms with Gasteiger partial charge in [-0.2, -0.15) is 5.26 Å². The second kappa shape index (κ2) is 7.38. The first-order valence-corrected chi connectivity index (χ1v) is 11.8. The topological polar surface area (TPSA) is 137 Å². The van der Waals surface area contributed by atoms with Crippen LogP contribution in [0.1, 0.15) is 5.56 Å². The Morgan fingerprint density at radius 1 is 1.04 bits per heavy atom. The van der Waals surface area contributed by atoms with Crippen molar-refractivity contribution in [3.63, 3.8) is 0 Å². The van der Waals surface area contributed by atoms with Crippen molar-refractivity contribution in [1.29, 1.82) is 5.26 Å². The van der Waals surface area contributed by atoms with Gasteiger partial charge in [0.1, 0.15) is 5.82 Å². The van der Waals surface area contributed by atoms with E-state index in [2.05, 4.69) is 11.1 Å². The molecule has 1 aliphatic heterocycles. The van der Waals surface area contributed by atoms with E-state index in [9.17, 15) is 16.8 Å². The van der Waals surface area contributed by atoms with Crippen LogP contribution < -0.4 is 14.9 Å². The molecule has 1 aliphatic rings. The monoisotopic (exact) mass is 421 g/mol. The van der Waals surface area contributed by atoms with Crippen molar-refractivity contribution in [2.45, 2.75) is 9.79 Å². The van der Waals surface area contributed by atoms with Crippen LogP contribution in [0.4, 0.5) is 11.5 Å². The molecule has 28 heavy (non-hydrogen) atoms. The standard InChI is InChI=1S/C17H19N5O4S2/c1-27(23,24)16-11-14(28(19,25)26)2-3-15(16)21-6-8-22(9-7-21)17-10-13(12-18)4-5-20-17/h2-5,10-11H,6-9H2,1H3,(H2,19,25,26). The second-order valence-electron chi connectivity index (χ2n) is 6.44. The van der Waals surface area contributed by atoms with Crippen LogP contribution in [-0.4, -0.2) is 54.3 Å². The average Bonchev–Trinajstić information content (AvgIpc) is 2.66. The zero-order chi connectivity index (χ0) is 20.5. The first-order valence-electron chi connectivity index (χ1n) is 8.32. The molecule has 1 aromatic carbocycles. The molecule has 0 saturated carbocycles. The minimum atomic E-state index is -4.01. The Balaban J connectivity index is 1.87. The summed E-state index contributed by atoms with van der Waals surface area (Å²) in [4.78, 5) is 7.86. The highest BCUT2D eigenvalue weighted by molar-refractivity contribution is 7.91. The molecule has 0 unspecified atom stereocenters. The maximum Gasteiger partial charge on any atom is 0.238 e. The summed E-state index contributed by atoms with van der Waals surface area (Å²) in [6, 6.07) is 9.30. The van der Waals surface area contributed by atoms with Crippen LogP contribution in [0.2, 0.25) is 0 Å². The lowest BCUT2D eigenvalue weighted by atomic mass is 10.2. The summed E-state index contributed by atoms with van der Waals surface area (Å²) >= 11 is 0. The molecule has 11 heteroatoms. The van der Waals surface area contributed by atoms with Gasteiger partial charge in [-0.3, -0.25) is 0 Å². The third kappa shape index (κ3) is 4.24. The SMILES string of the molecule is CS(=O)(=O)c1cc(S(N)(=O)=O)ccc1N1CCN(c2cc(C#N)ccn2)CC1. The molecule has 9 nitrogen and oxygen atoms in total. The Morgan fingerprint density at radius 3 is 2.25 bits per heavy atom. The Hall–Kier alpha value is -2.68. The maximum atomic E-state index is 12.2. The van der Waals surface area contributed by atoms with E-state index in [1.165, 1.54) is 12.1 Å². The minimum Gasteiger partial charge on any atom is -0.367 e. The van der Waals surface area contributed by atoms with Crippen LogP contribution in [0.3, 0.4) is 0 Å². The van der Waals surface area contributed by atoms with Gasteiger partial charge < -0.3 is 9.80 Å². The number of piperazine rings is 1. The fourth-order valence-electron chi connectivity index (χ4n) is 3.07. The lowest BCUT2D eigenvalue weighted by Crippen LogP contribution is -2.47. The number of aromatic nitrogens is 1. The number of hydrogen-bond donors (Lipinski definition) is 1. The van der Waals surface area contributed by atoms with Crippen molar-refractivity contribution < 1.29 is 16.8 Å². The molecular formula is C17H19N5O4S2. The van der Waals surface area contributed by atoms with E-state index >= 15 is 0 Å². The van der Waals surface area contributed by atoms with E-state index in [4.69, 9.17) is 10.4 Å². The molecule has 3 rings (SSSR count). The zero-order valence-electron chi connectivity index (χ0n) is 15.1. The number of sulfone groups is 1. The average molecular weight is 422 g/mol. The highest BCUT2D eigenvalue weighted by Crippen LogP contribution is 2.29. The fraction of sp³-hybridized carbons (Fsp3) is 0.294. The third-order valence-electron chi connectivity index (χ3n) is 4.48. The van der Waals surface area contributed by atoms with Crippen LogP contribution in [0.5, 0.6) is 0 Å². The lowest BCUT2D eigenvalue weighted by Gasteiger charge is -2.37. The normalized spacial score (nSPS) is 15.3. The van der Waals surface area contributed by atoms with Gasteiger partial charge in [0, 0.05) is 38.6 Å². The van der Waals surface area contributed by atoms with Gasteiger partial charge in [0.25, 0.3) is 0 Å². The van der Waals surface area contributed by atoms with Crippen LogP contribution in [0.25, 0.3) is 0 Å². The molecule has 2 heterocycles. The predicted octanol–water partition coefficient (Wildman–Crippen LogP) is 0.331. The molecule has 1 saturated heterocycles. The van der Waals surface area contributed by atoms with Gasteiger partial charge in [0.15, 0.2) is 9.84 Å². The first kappa shape index (κ1) is 20.1. The quantitative estimate of drug-likeness (QED) is 0.745. The van der Waals surface area contributed by atoms with Crippen molar-refractivity contribution >= 4 is 31.4 Å². The van der Waals surface area contributed by atoms with E-state index in [0.29, 0.717) is 43.2 Å². The van der Waals surface area contributed by atoms with Crippen LogP contribution in [0.15, 0.2) is 46.3 Å². The second-order valence-corrected chi connectivity index (χ2v) is 9.98. The minimum absolute atomic E-state index is 0.0722. The molecule has 0 spiro atoms. The molecule has 0 amide bonds. The number of nitrogens with zero attached hydrogens (tertiary/aromatic N) is 4. The predicted molar refractivity (Wildman–Crippen MR) is 104 cm³/mol. The number of nitrogens with two attached hydrogens (primary N) is 1. The maximum absolute atomic E-state index is 12.2. The summed E-state index contributed by atoms with van der Waals surface area (Å²) in [7, 11) is -7.67. The number of rotatable bonds is 4. The van der Waals surface area contributed by atoms with Crippen molar-refractivity contribution in [3.8, 4) is 6.07 Å². The van der Waals surface area contributed by atoms with Crippen LogP contribution in [-0.2, 0) is 19.9 Å². The lowest BCUT2D eigenvalue weighted by molar-refractivity contribution is 0.596. The number of anilines is 2. The van der Waals surface area contributed by atoms with Crippen LogP contribution in [0, 0.1) is 11.3 Å². The molecule has 0 radical (unpaired) electrons. The van der Waals surface area contributed by atoms with Gasteiger partial charge >= 0.3 is 0 Å². The molecule has 1 fully saturated rings. The van der Waals surface area contributed by atoms with Gasteiger partial charge in [-0.05, 0) is 30.3 Å². The molecule has 2 aromatic rings. The van der Waals surface area contributed by atoms with Crippen LogP contribution >= 0.6 is 0 Å². The van der Waals surface area contributed by atoms with E-state index in [0.717, 1.165) is 12.3 Å². The Kier molecular flexibility index (Phi) is 5.29. The van der Waals surface area contributed by atoms with Gasteiger partial charge in [-0.25, -0.2) is 27.0 Å². The summed E-state index contributed by atoms with van der Waals surface area (Å²) in [5.41, 5.74) is 0.957. The number of hydrogen-bond acceptors (Lipinski definition) is 8. The van der Waals surface area contributed by atoms with Gasteiger partial charge in [0.05, 0.1) is 27.1 Å². The van der Waals surface area contributed by atoms with Crippen molar-refractivity contribution in [3.05, 3.63) is 42.1 Å². The summed E-state index contributed by atoms with van der Waals surface area (Å²) in [6.07, 6.45) is 2.61. The number of sulfonamides is 1. The van der Waals surface area contributed by atoms with E-state index in [-0.39, 0.29) is 9.79 Å². The Bertz CT molecular complexity index is 1150. The highest BCUT2D eigenvalue weighted by Gasteiger charge is 2.25. The Morgan fingerprint density at radius 2 is 1.68 bits per heavy atom. The summed E-state index contributed by atoms with van der Waals surface area (Å²) in [6.45, 7) is 2.16. The van der Waals surface area contributed by atoms with E-state index in [1.54, 1.807) is 18.3 Å². The molecule has 1 aromatic heterocycles. The molecule has 2 N–H and O–H groups in total. The number of primary sulfonamides is 1. The van der Waals surface area contributed by atoms with E-state index in [1.807, 2.05) is 9.80 Å². The van der Waals surface area contributed by atoms with E-state index < -0.39 is 19.9 Å². The fourth-order valence-corrected chi connectivity index (χ4v) is 4.60. The number of nitriles is 1. The first-order chi connectivity index (χ1) is 13.1. The molecule has 148 valence electrons. The number of pyridine rings is 1. The number of benzene rings is 1. The molecule has 0 bridgehead atoms. The molecule has 0 atom stereocenters. The smallest absolute Gasteiger partial charge is 0.238 e. The van der Waals surface area contributed by atoms with Gasteiger partial charge in [-0.15, -0.1) is 0 Å². The van der Waals surface area contributed by atoms with Crippen molar-refractivity contribution in [1.82, 2.24) is 4.98 Å². The largest absolute Gasteiger partial charge is 0.367 e. The Labute approximate surface area is 164 Å². The van der Waals surface area contributed by atoms with Crippen molar-refractivity contribution in [2.75, 3.05) is 42.2 Å². The summed E-state index contributed by atoms with van der Waals surface area (Å²) in [5.74, 6) is 0.687. The summed E-state index contributed by atoms with van der Waals surface area (Å²) in [5, 5.41) is 14.2. The van der Waals surface area contributed by atoms with Gasteiger partial charge in [-0.1, -0.05) is 0 Å². The highest BCUT2D eigenvalue weighted by atomic mass is 32.2. The van der Waals surface area contributed by atoms with Gasteiger partial charge in [0.2, 0.25) is 10.0 Å².